The number of nitrogens with one attached hydrogen (secondary N) is 1. The Hall–Kier alpha value is -1.36. The molecule has 2 rings (SSSR count). The van der Waals surface area contributed by atoms with E-state index in [-0.39, 0.29) is 12.0 Å². The minimum atomic E-state index is -0.0732. The molecule has 0 aromatic heterocycles. The zero-order valence-electron chi connectivity index (χ0n) is 8.74. The highest BCUT2D eigenvalue weighted by Gasteiger charge is 2.20. The molecule has 84 valence electrons. The van der Waals surface area contributed by atoms with Gasteiger partial charge in [0, 0.05) is 19.0 Å². The third kappa shape index (κ3) is 2.61. The topological polar surface area (TPSA) is 50.7 Å². The highest BCUT2D eigenvalue weighted by atomic mass is 79.9. The molecule has 1 N–H and O–H groups in total. The van der Waals surface area contributed by atoms with Crippen molar-refractivity contribution in [2.24, 2.45) is 5.16 Å². The van der Waals surface area contributed by atoms with Gasteiger partial charge < -0.3 is 10.2 Å². The highest BCUT2D eigenvalue weighted by molar-refractivity contribution is 9.18. The van der Waals surface area contributed by atoms with Crippen molar-refractivity contribution in [1.29, 1.82) is 0 Å². The molecule has 1 heterocycles. The lowest BCUT2D eigenvalue weighted by Gasteiger charge is -2.09. The molecule has 0 fully saturated rings. The third-order valence-electron chi connectivity index (χ3n) is 2.24. The van der Waals surface area contributed by atoms with Gasteiger partial charge >= 0.3 is 0 Å². The summed E-state index contributed by atoms with van der Waals surface area (Å²) in [4.78, 5) is 16.1. The Morgan fingerprint density at radius 1 is 1.50 bits per heavy atom. The first kappa shape index (κ1) is 11.1. The van der Waals surface area contributed by atoms with Crippen molar-refractivity contribution in [2.75, 3.05) is 5.32 Å². The van der Waals surface area contributed by atoms with E-state index >= 15 is 0 Å². The Morgan fingerprint density at radius 3 is 2.69 bits per heavy atom. The summed E-state index contributed by atoms with van der Waals surface area (Å²) >= 11 is 3.29. The SMILES string of the molecule is CC(=O)Nc1ccc(C2CC(Br)=NO2)cc1. The molecule has 0 aliphatic carbocycles. The Bertz CT molecular complexity index is 428. The predicted octanol–water partition coefficient (Wildman–Crippen LogP) is 2.81. The molecule has 1 aliphatic rings. The normalized spacial score (nSPS) is 18.9. The standard InChI is InChI=1S/C11H11BrN2O2/c1-7(15)13-9-4-2-8(3-5-9)10-6-11(12)14-16-10/h2-5,10H,6H2,1H3,(H,13,15). The first-order chi connectivity index (χ1) is 7.65. The van der Waals surface area contributed by atoms with Gasteiger partial charge in [0.1, 0.15) is 4.62 Å². The Balaban J connectivity index is 2.05. The second-order valence-corrected chi connectivity index (χ2v) is 4.48. The number of hydrogen-bond acceptors (Lipinski definition) is 3. The van der Waals surface area contributed by atoms with Crippen LogP contribution in [0.3, 0.4) is 0 Å². The largest absolute Gasteiger partial charge is 0.386 e. The van der Waals surface area contributed by atoms with Crippen molar-refractivity contribution in [3.8, 4) is 0 Å². The fourth-order valence-corrected chi connectivity index (χ4v) is 1.89. The van der Waals surface area contributed by atoms with Gasteiger partial charge in [0.15, 0.2) is 6.10 Å². The summed E-state index contributed by atoms with van der Waals surface area (Å²) in [6.07, 6.45) is 0.722. The van der Waals surface area contributed by atoms with Crippen LogP contribution in [0, 0.1) is 0 Å². The molecule has 4 nitrogen and oxygen atoms in total. The lowest BCUT2D eigenvalue weighted by atomic mass is 10.1. The molecule has 1 amide bonds. The average Bonchev–Trinajstić information content (AvgIpc) is 2.65. The van der Waals surface area contributed by atoms with Crippen molar-refractivity contribution in [2.45, 2.75) is 19.4 Å². The Morgan fingerprint density at radius 2 is 2.19 bits per heavy atom. The van der Waals surface area contributed by atoms with E-state index in [9.17, 15) is 4.79 Å². The summed E-state index contributed by atoms with van der Waals surface area (Å²) in [5.74, 6) is -0.0732. The number of benzene rings is 1. The quantitative estimate of drug-likeness (QED) is 0.907. The molecule has 0 saturated carbocycles. The lowest BCUT2D eigenvalue weighted by molar-refractivity contribution is -0.114. The molecule has 1 aromatic rings. The molecule has 0 saturated heterocycles. The number of amides is 1. The van der Waals surface area contributed by atoms with Crippen LogP contribution < -0.4 is 5.32 Å². The van der Waals surface area contributed by atoms with Crippen molar-refractivity contribution in [3.05, 3.63) is 29.8 Å². The zero-order valence-corrected chi connectivity index (χ0v) is 10.3. The van der Waals surface area contributed by atoms with Crippen LogP contribution >= 0.6 is 15.9 Å². The lowest BCUT2D eigenvalue weighted by Crippen LogP contribution is -2.05. The maximum Gasteiger partial charge on any atom is 0.221 e. The van der Waals surface area contributed by atoms with Gasteiger partial charge in [-0.15, -0.1) is 0 Å². The summed E-state index contributed by atoms with van der Waals surface area (Å²) < 4.78 is 0.823. The molecule has 1 unspecified atom stereocenters. The molecule has 1 aromatic carbocycles. The number of rotatable bonds is 2. The van der Waals surface area contributed by atoms with Gasteiger partial charge in [-0.1, -0.05) is 17.3 Å². The van der Waals surface area contributed by atoms with Crippen LogP contribution in [0.5, 0.6) is 0 Å². The maximum atomic E-state index is 10.8. The van der Waals surface area contributed by atoms with Gasteiger partial charge in [0.2, 0.25) is 5.91 Å². The fraction of sp³-hybridized carbons (Fsp3) is 0.273. The minimum absolute atomic E-state index is 0.0271. The van der Waals surface area contributed by atoms with E-state index in [1.807, 2.05) is 24.3 Å². The van der Waals surface area contributed by atoms with E-state index in [2.05, 4.69) is 26.4 Å². The third-order valence-corrected chi connectivity index (χ3v) is 2.70. The first-order valence-electron chi connectivity index (χ1n) is 4.91. The Kier molecular flexibility index (Phi) is 3.24. The van der Waals surface area contributed by atoms with Crippen LogP contribution in [-0.2, 0) is 9.63 Å². The van der Waals surface area contributed by atoms with Gasteiger partial charge in [-0.25, -0.2) is 0 Å². The summed E-state index contributed by atoms with van der Waals surface area (Å²) in [6.45, 7) is 1.49. The first-order valence-corrected chi connectivity index (χ1v) is 5.70. The van der Waals surface area contributed by atoms with Gasteiger partial charge in [0.05, 0.1) is 0 Å². The monoisotopic (exact) mass is 282 g/mol. The van der Waals surface area contributed by atoms with Crippen LogP contribution in [0.2, 0.25) is 0 Å². The minimum Gasteiger partial charge on any atom is -0.386 e. The summed E-state index contributed by atoms with van der Waals surface area (Å²) in [6, 6.07) is 7.56. The summed E-state index contributed by atoms with van der Waals surface area (Å²) in [5, 5.41) is 6.54. The van der Waals surface area contributed by atoms with Crippen LogP contribution in [0.4, 0.5) is 5.69 Å². The molecule has 0 bridgehead atoms. The van der Waals surface area contributed by atoms with E-state index in [1.165, 1.54) is 6.92 Å². The zero-order chi connectivity index (χ0) is 11.5. The molecule has 0 radical (unpaired) electrons. The summed E-state index contributed by atoms with van der Waals surface area (Å²) in [7, 11) is 0. The number of hydrogen-bond donors (Lipinski definition) is 1. The van der Waals surface area contributed by atoms with Crippen molar-refractivity contribution < 1.29 is 9.63 Å². The van der Waals surface area contributed by atoms with E-state index in [4.69, 9.17) is 4.84 Å². The van der Waals surface area contributed by atoms with Gasteiger partial charge in [0.25, 0.3) is 0 Å². The van der Waals surface area contributed by atoms with Crippen LogP contribution in [0.25, 0.3) is 0 Å². The Labute approximate surface area is 102 Å². The van der Waals surface area contributed by atoms with E-state index in [0.29, 0.717) is 0 Å². The van der Waals surface area contributed by atoms with E-state index in [0.717, 1.165) is 22.3 Å². The maximum absolute atomic E-state index is 10.8. The van der Waals surface area contributed by atoms with E-state index in [1.54, 1.807) is 0 Å². The average molecular weight is 283 g/mol. The van der Waals surface area contributed by atoms with Crippen molar-refractivity contribution in [1.82, 2.24) is 0 Å². The second-order valence-electron chi connectivity index (χ2n) is 3.57. The molecule has 5 heteroatoms. The molecular weight excluding hydrogens is 272 g/mol. The number of oxime groups is 1. The molecule has 1 atom stereocenters. The van der Waals surface area contributed by atoms with Crippen LogP contribution in [0.1, 0.15) is 25.0 Å². The highest BCUT2D eigenvalue weighted by Crippen LogP contribution is 2.29. The number of carbonyl (C=O) groups is 1. The molecular formula is C11H11BrN2O2. The number of halogens is 1. The number of nitrogens with zero attached hydrogens (tertiary/aromatic N) is 1. The molecule has 0 spiro atoms. The number of carbonyl (C=O) groups excluding carboxylic acids is 1. The second kappa shape index (κ2) is 4.65. The van der Waals surface area contributed by atoms with Crippen LogP contribution in [0.15, 0.2) is 29.4 Å². The van der Waals surface area contributed by atoms with Crippen molar-refractivity contribution in [3.63, 3.8) is 0 Å². The van der Waals surface area contributed by atoms with Crippen molar-refractivity contribution >= 4 is 32.1 Å². The van der Waals surface area contributed by atoms with Gasteiger partial charge in [-0.05, 0) is 33.6 Å². The number of anilines is 1. The van der Waals surface area contributed by atoms with E-state index < -0.39 is 0 Å². The fourth-order valence-electron chi connectivity index (χ4n) is 1.51. The van der Waals surface area contributed by atoms with Crippen LogP contribution in [-0.4, -0.2) is 10.5 Å². The van der Waals surface area contributed by atoms with Gasteiger partial charge in [-0.2, -0.15) is 0 Å². The predicted molar refractivity (Wildman–Crippen MR) is 65.6 cm³/mol. The van der Waals surface area contributed by atoms with Gasteiger partial charge in [-0.3, -0.25) is 4.79 Å². The molecule has 16 heavy (non-hydrogen) atoms. The summed E-state index contributed by atoms with van der Waals surface area (Å²) in [5.41, 5.74) is 1.83. The molecule has 1 aliphatic heterocycles. The smallest absolute Gasteiger partial charge is 0.221 e.